The van der Waals surface area contributed by atoms with Crippen LogP contribution in [0.2, 0.25) is 0 Å². The number of nitrogens with two attached hydrogens (primary N) is 1. The number of ketones is 1. The molecule has 1 unspecified atom stereocenters. The van der Waals surface area contributed by atoms with Gasteiger partial charge >= 0.3 is 12.1 Å². The number of nitrogens with zero attached hydrogens (tertiary/aromatic N) is 1. The largest absolute Gasteiger partial charge is 0.471 e. The van der Waals surface area contributed by atoms with Gasteiger partial charge in [-0.1, -0.05) is 26.7 Å². The summed E-state index contributed by atoms with van der Waals surface area (Å²) in [7, 11) is 0. The second kappa shape index (κ2) is 7.62. The van der Waals surface area contributed by atoms with Crippen LogP contribution in [0.1, 0.15) is 78.1 Å². The summed E-state index contributed by atoms with van der Waals surface area (Å²) < 4.78 is 39.7. The number of fused-ring (bicyclic) bond motifs is 1. The van der Waals surface area contributed by atoms with E-state index in [9.17, 15) is 22.8 Å². The molecule has 3 rings (SSSR count). The van der Waals surface area contributed by atoms with Crippen molar-refractivity contribution in [2.24, 2.45) is 28.9 Å². The molecular weight excluding hydrogens is 369 g/mol. The molecule has 7 heteroatoms. The Hall–Kier alpha value is -1.11. The van der Waals surface area contributed by atoms with Crippen LogP contribution in [-0.2, 0) is 9.59 Å². The Balaban J connectivity index is 1.97. The first kappa shape index (κ1) is 21.6. The number of carbonyl (C=O) groups excluding carboxylic acids is 2. The monoisotopic (exact) mass is 402 g/mol. The van der Waals surface area contributed by atoms with Gasteiger partial charge in [0.25, 0.3) is 0 Å². The van der Waals surface area contributed by atoms with Crippen LogP contribution in [-0.4, -0.2) is 35.0 Å². The minimum absolute atomic E-state index is 0.0598. The summed E-state index contributed by atoms with van der Waals surface area (Å²) in [4.78, 5) is 25.0. The molecule has 2 N–H and O–H groups in total. The summed E-state index contributed by atoms with van der Waals surface area (Å²) in [6.07, 6.45) is 2.55. The quantitative estimate of drug-likeness (QED) is 0.757. The first-order valence-electron chi connectivity index (χ1n) is 10.7. The van der Waals surface area contributed by atoms with Crippen molar-refractivity contribution in [3.05, 3.63) is 0 Å². The van der Waals surface area contributed by atoms with Crippen molar-refractivity contribution in [1.29, 1.82) is 0 Å². The van der Waals surface area contributed by atoms with Crippen LogP contribution >= 0.6 is 0 Å². The van der Waals surface area contributed by atoms with E-state index >= 15 is 0 Å². The van der Waals surface area contributed by atoms with Gasteiger partial charge in [-0.05, 0) is 56.3 Å². The maximum atomic E-state index is 13.2. The topological polar surface area (TPSA) is 63.4 Å². The fourth-order valence-corrected chi connectivity index (χ4v) is 6.44. The molecule has 5 atom stereocenters. The Labute approximate surface area is 165 Å². The van der Waals surface area contributed by atoms with Crippen molar-refractivity contribution < 1.29 is 22.8 Å². The maximum Gasteiger partial charge on any atom is 0.471 e. The number of amides is 1. The molecule has 1 aliphatic heterocycles. The van der Waals surface area contributed by atoms with Crippen LogP contribution < -0.4 is 5.73 Å². The zero-order valence-electron chi connectivity index (χ0n) is 17.0. The summed E-state index contributed by atoms with van der Waals surface area (Å²) in [6.45, 7) is 4.17. The molecule has 28 heavy (non-hydrogen) atoms. The van der Waals surface area contributed by atoms with Crippen molar-refractivity contribution in [1.82, 2.24) is 4.90 Å². The van der Waals surface area contributed by atoms with Crippen molar-refractivity contribution in [3.63, 3.8) is 0 Å². The molecule has 3 fully saturated rings. The van der Waals surface area contributed by atoms with Crippen molar-refractivity contribution in [2.75, 3.05) is 6.54 Å². The Morgan fingerprint density at radius 1 is 1.29 bits per heavy atom. The smallest absolute Gasteiger partial charge is 0.316 e. The maximum absolute atomic E-state index is 13.2. The average molecular weight is 403 g/mol. The molecule has 2 aliphatic carbocycles. The minimum Gasteiger partial charge on any atom is -0.316 e. The molecule has 0 aromatic rings. The van der Waals surface area contributed by atoms with E-state index in [-0.39, 0.29) is 12.5 Å². The SMILES string of the molecule is CCCC[C@H]1[C@@H]([C@@H]2CCC(=O)C2)CCCC2(N)N(C(=O)C(F)(F)F)CC[C@]12C. The molecule has 0 radical (unpaired) electrons. The molecule has 0 spiro atoms. The van der Waals surface area contributed by atoms with Gasteiger partial charge in [0.05, 0.1) is 5.66 Å². The van der Waals surface area contributed by atoms with Crippen LogP contribution in [0.3, 0.4) is 0 Å². The standard InChI is InChI=1S/C21H33F3N2O2/c1-3-4-7-17-16(14-8-9-15(27)13-14)6-5-10-20(25)19(17,2)11-12-26(20)18(28)21(22,23)24/h14,16-17H,3-13,25H2,1-2H3/t14-,16-,17+,19-,20?/m1/s1. The summed E-state index contributed by atoms with van der Waals surface area (Å²) >= 11 is 0. The lowest BCUT2D eigenvalue weighted by Crippen LogP contribution is -2.65. The van der Waals surface area contributed by atoms with Gasteiger partial charge in [0.15, 0.2) is 0 Å². The highest BCUT2D eigenvalue weighted by atomic mass is 19.4. The molecule has 0 aromatic carbocycles. The Morgan fingerprint density at radius 3 is 2.57 bits per heavy atom. The number of hydrogen-bond acceptors (Lipinski definition) is 3. The summed E-state index contributed by atoms with van der Waals surface area (Å²) in [5, 5.41) is 0. The normalized spacial score (nSPS) is 39.1. The molecule has 1 heterocycles. The predicted molar refractivity (Wildman–Crippen MR) is 100 cm³/mol. The van der Waals surface area contributed by atoms with E-state index in [1.54, 1.807) is 0 Å². The third kappa shape index (κ3) is 3.48. The van der Waals surface area contributed by atoms with Crippen LogP contribution in [0, 0.1) is 23.2 Å². The molecule has 0 bridgehead atoms. The molecule has 3 aliphatic rings. The zero-order chi connectivity index (χ0) is 20.7. The molecule has 2 saturated carbocycles. The second-order valence-corrected chi connectivity index (χ2v) is 9.39. The highest BCUT2D eigenvalue weighted by Crippen LogP contribution is 2.59. The highest BCUT2D eigenvalue weighted by molar-refractivity contribution is 5.83. The van der Waals surface area contributed by atoms with E-state index in [2.05, 4.69) is 6.92 Å². The van der Waals surface area contributed by atoms with Crippen LogP contribution in [0.5, 0.6) is 0 Å². The molecular formula is C21H33F3N2O2. The number of alkyl halides is 3. The first-order chi connectivity index (χ1) is 13.0. The van der Waals surface area contributed by atoms with E-state index < -0.39 is 23.2 Å². The third-order valence-electron chi connectivity index (χ3n) is 8.00. The van der Waals surface area contributed by atoms with Crippen LogP contribution in [0.4, 0.5) is 13.2 Å². The second-order valence-electron chi connectivity index (χ2n) is 9.39. The van der Waals surface area contributed by atoms with Gasteiger partial charge in [-0.2, -0.15) is 13.2 Å². The lowest BCUT2D eigenvalue weighted by atomic mass is 9.60. The zero-order valence-corrected chi connectivity index (χ0v) is 17.0. The molecule has 1 saturated heterocycles. The van der Waals surface area contributed by atoms with Crippen molar-refractivity contribution in [3.8, 4) is 0 Å². The van der Waals surface area contributed by atoms with Gasteiger partial charge in [0.2, 0.25) is 0 Å². The number of Topliss-reactive ketones (excluding diaryl/α,β-unsaturated/α-hetero) is 1. The molecule has 160 valence electrons. The van der Waals surface area contributed by atoms with Gasteiger partial charge in [-0.25, -0.2) is 0 Å². The van der Waals surface area contributed by atoms with E-state index in [0.717, 1.165) is 37.0 Å². The van der Waals surface area contributed by atoms with Gasteiger partial charge in [-0.3, -0.25) is 9.59 Å². The van der Waals surface area contributed by atoms with E-state index in [0.29, 0.717) is 49.7 Å². The van der Waals surface area contributed by atoms with Gasteiger partial charge in [0.1, 0.15) is 5.78 Å². The Morgan fingerprint density at radius 2 is 2.00 bits per heavy atom. The lowest BCUT2D eigenvalue weighted by molar-refractivity contribution is -0.192. The highest BCUT2D eigenvalue weighted by Gasteiger charge is 2.64. The first-order valence-corrected chi connectivity index (χ1v) is 10.7. The van der Waals surface area contributed by atoms with Gasteiger partial charge < -0.3 is 10.6 Å². The van der Waals surface area contributed by atoms with Crippen LogP contribution in [0.25, 0.3) is 0 Å². The number of halogens is 3. The van der Waals surface area contributed by atoms with E-state index in [4.69, 9.17) is 5.73 Å². The number of rotatable bonds is 4. The summed E-state index contributed by atoms with van der Waals surface area (Å²) in [5.41, 5.74) is 4.90. The van der Waals surface area contributed by atoms with E-state index in [1.807, 2.05) is 6.92 Å². The van der Waals surface area contributed by atoms with Gasteiger partial charge in [0, 0.05) is 24.8 Å². The summed E-state index contributed by atoms with van der Waals surface area (Å²) in [6, 6.07) is 0. The van der Waals surface area contributed by atoms with Crippen LogP contribution in [0.15, 0.2) is 0 Å². The van der Waals surface area contributed by atoms with E-state index in [1.165, 1.54) is 0 Å². The fourth-order valence-electron chi connectivity index (χ4n) is 6.44. The fraction of sp³-hybridized carbons (Fsp3) is 0.905. The number of hydrogen-bond donors (Lipinski definition) is 1. The van der Waals surface area contributed by atoms with Crippen molar-refractivity contribution in [2.45, 2.75) is 89.9 Å². The number of likely N-dealkylation sites (tertiary alicyclic amines) is 1. The average Bonchev–Trinajstić information content (AvgIpc) is 3.12. The Kier molecular flexibility index (Phi) is 5.87. The Bertz CT molecular complexity index is 623. The third-order valence-corrected chi connectivity index (χ3v) is 8.00. The molecule has 1 amide bonds. The summed E-state index contributed by atoms with van der Waals surface area (Å²) in [5.74, 6) is -0.757. The number of unbranched alkanes of at least 4 members (excludes halogenated alkanes) is 1. The number of carbonyl (C=O) groups is 2. The predicted octanol–water partition coefficient (Wildman–Crippen LogP) is 4.42. The molecule has 4 nitrogen and oxygen atoms in total. The lowest BCUT2D eigenvalue weighted by Gasteiger charge is -2.50. The van der Waals surface area contributed by atoms with Gasteiger partial charge in [-0.15, -0.1) is 0 Å². The van der Waals surface area contributed by atoms with Crippen molar-refractivity contribution >= 4 is 11.7 Å². The molecule has 0 aromatic heterocycles. The minimum atomic E-state index is -4.90.